The quantitative estimate of drug-likeness (QED) is 0.639. The van der Waals surface area contributed by atoms with Crippen LogP contribution in [0.3, 0.4) is 0 Å². The number of halogens is 1. The molecule has 0 radical (unpaired) electrons. The van der Waals surface area contributed by atoms with E-state index in [0.717, 1.165) is 0 Å². The van der Waals surface area contributed by atoms with E-state index >= 15 is 0 Å². The molecule has 118 valence electrons. The third-order valence-corrected chi connectivity index (χ3v) is 4.24. The number of carbonyl (C=O) groups excluding carboxylic acids is 1. The van der Waals surface area contributed by atoms with E-state index in [1.165, 1.54) is 31.0 Å². The van der Waals surface area contributed by atoms with Crippen molar-refractivity contribution in [2.75, 3.05) is 7.11 Å². The lowest BCUT2D eigenvalue weighted by Gasteiger charge is -2.23. The van der Waals surface area contributed by atoms with Crippen LogP contribution in [0.2, 0.25) is 0 Å². The van der Waals surface area contributed by atoms with Crippen molar-refractivity contribution in [3.63, 3.8) is 0 Å². The maximum absolute atomic E-state index is 13.1. The van der Waals surface area contributed by atoms with E-state index in [9.17, 15) is 9.18 Å². The van der Waals surface area contributed by atoms with Gasteiger partial charge in [0.2, 0.25) is 0 Å². The molecule has 5 nitrogen and oxygen atoms in total. The van der Waals surface area contributed by atoms with Crippen molar-refractivity contribution in [2.45, 2.75) is 36.7 Å². The minimum Gasteiger partial charge on any atom is -0.468 e. The Morgan fingerprint density at radius 1 is 1.32 bits per heavy atom. The first-order chi connectivity index (χ1) is 10.3. The fraction of sp³-hybridized carbons (Fsp3) is 0.400. The van der Waals surface area contributed by atoms with E-state index in [1.807, 2.05) is 25.3 Å². The normalized spacial score (nSPS) is 13.0. The van der Waals surface area contributed by atoms with Gasteiger partial charge < -0.3 is 9.30 Å². The molecule has 0 spiro atoms. The van der Waals surface area contributed by atoms with Gasteiger partial charge in [-0.05, 0) is 38.5 Å². The molecule has 1 heterocycles. The number of rotatable bonds is 4. The average Bonchev–Trinajstić information content (AvgIpc) is 2.93. The molecular formula is C15H18FN3O2S. The van der Waals surface area contributed by atoms with Crippen molar-refractivity contribution in [3.8, 4) is 0 Å². The summed E-state index contributed by atoms with van der Waals surface area (Å²) in [5, 5.41) is 7.97. The summed E-state index contributed by atoms with van der Waals surface area (Å²) in [6.07, 6.45) is 1.63. The van der Waals surface area contributed by atoms with Gasteiger partial charge in [0.15, 0.2) is 5.16 Å². The van der Waals surface area contributed by atoms with Crippen LogP contribution in [0.25, 0.3) is 0 Å². The van der Waals surface area contributed by atoms with Gasteiger partial charge in [0.1, 0.15) is 17.4 Å². The molecule has 0 amide bonds. The van der Waals surface area contributed by atoms with Gasteiger partial charge in [-0.25, -0.2) is 4.39 Å². The summed E-state index contributed by atoms with van der Waals surface area (Å²) in [5.74, 6) is -0.768. The van der Waals surface area contributed by atoms with Crippen LogP contribution in [0, 0.1) is 5.82 Å². The molecule has 1 unspecified atom stereocenters. The van der Waals surface area contributed by atoms with Crippen LogP contribution in [0.5, 0.6) is 0 Å². The largest absolute Gasteiger partial charge is 0.468 e. The van der Waals surface area contributed by atoms with Gasteiger partial charge in [0, 0.05) is 5.54 Å². The third-order valence-electron chi connectivity index (χ3n) is 3.05. The molecule has 2 aromatic rings. The maximum atomic E-state index is 13.1. The van der Waals surface area contributed by atoms with Crippen molar-refractivity contribution in [2.24, 2.45) is 0 Å². The zero-order chi connectivity index (χ0) is 16.3. The predicted octanol–water partition coefficient (Wildman–Crippen LogP) is 3.18. The number of benzene rings is 1. The van der Waals surface area contributed by atoms with Gasteiger partial charge in [-0.3, -0.25) is 4.79 Å². The molecule has 2 rings (SSSR count). The van der Waals surface area contributed by atoms with Gasteiger partial charge in [0.05, 0.1) is 7.11 Å². The number of nitrogens with zero attached hydrogens (tertiary/aromatic N) is 3. The van der Waals surface area contributed by atoms with Crippen LogP contribution in [0.1, 0.15) is 31.6 Å². The van der Waals surface area contributed by atoms with E-state index < -0.39 is 11.2 Å². The Morgan fingerprint density at radius 2 is 1.95 bits per heavy atom. The van der Waals surface area contributed by atoms with Crippen LogP contribution in [0.4, 0.5) is 4.39 Å². The number of aromatic nitrogens is 3. The number of ether oxygens (including phenoxy) is 1. The zero-order valence-electron chi connectivity index (χ0n) is 12.9. The van der Waals surface area contributed by atoms with E-state index in [0.29, 0.717) is 10.7 Å². The summed E-state index contributed by atoms with van der Waals surface area (Å²) < 4.78 is 19.8. The van der Waals surface area contributed by atoms with Crippen molar-refractivity contribution < 1.29 is 13.9 Å². The molecule has 0 saturated carbocycles. The van der Waals surface area contributed by atoms with Crippen LogP contribution >= 0.6 is 11.8 Å². The summed E-state index contributed by atoms with van der Waals surface area (Å²) in [7, 11) is 1.33. The first-order valence-electron chi connectivity index (χ1n) is 6.73. The third kappa shape index (κ3) is 3.65. The second-order valence-corrected chi connectivity index (χ2v) is 6.80. The Balaban J connectivity index is 2.34. The van der Waals surface area contributed by atoms with Crippen molar-refractivity contribution >= 4 is 17.7 Å². The molecule has 0 fully saturated rings. The first-order valence-corrected chi connectivity index (χ1v) is 7.61. The highest BCUT2D eigenvalue weighted by Gasteiger charge is 2.27. The second-order valence-electron chi connectivity index (χ2n) is 5.73. The molecule has 0 aliphatic heterocycles. The molecule has 0 N–H and O–H groups in total. The summed E-state index contributed by atoms with van der Waals surface area (Å²) in [6, 6.07) is 5.78. The van der Waals surface area contributed by atoms with Crippen molar-refractivity contribution in [3.05, 3.63) is 42.0 Å². The molecule has 7 heteroatoms. The molecule has 1 aromatic heterocycles. The van der Waals surface area contributed by atoms with Gasteiger partial charge in [-0.15, -0.1) is 10.2 Å². The Bertz CT molecular complexity index is 650. The molecule has 22 heavy (non-hydrogen) atoms. The molecule has 0 bridgehead atoms. The summed E-state index contributed by atoms with van der Waals surface area (Å²) in [4.78, 5) is 12.1. The van der Waals surface area contributed by atoms with Crippen LogP contribution in [0.15, 0.2) is 35.7 Å². The van der Waals surface area contributed by atoms with Crippen LogP contribution in [-0.2, 0) is 15.1 Å². The Labute approximate surface area is 132 Å². The highest BCUT2D eigenvalue weighted by Crippen LogP contribution is 2.36. The number of methoxy groups -OCH3 is 1. The highest BCUT2D eigenvalue weighted by atomic mass is 32.2. The van der Waals surface area contributed by atoms with Crippen LogP contribution in [-0.4, -0.2) is 27.8 Å². The summed E-state index contributed by atoms with van der Waals surface area (Å²) in [6.45, 7) is 6.06. The van der Waals surface area contributed by atoms with E-state index in [1.54, 1.807) is 18.5 Å². The SMILES string of the molecule is COC(=O)C(Sc1nncn1C(C)(C)C)c1ccc(F)cc1. The summed E-state index contributed by atoms with van der Waals surface area (Å²) >= 11 is 1.23. The van der Waals surface area contributed by atoms with Gasteiger partial charge in [-0.2, -0.15) is 0 Å². The fourth-order valence-electron chi connectivity index (χ4n) is 1.87. The predicted molar refractivity (Wildman–Crippen MR) is 82.0 cm³/mol. The van der Waals surface area contributed by atoms with Crippen molar-refractivity contribution in [1.29, 1.82) is 0 Å². The smallest absolute Gasteiger partial charge is 0.323 e. The lowest BCUT2D eigenvalue weighted by molar-refractivity contribution is -0.140. The van der Waals surface area contributed by atoms with Gasteiger partial charge in [-0.1, -0.05) is 23.9 Å². The average molecular weight is 323 g/mol. The van der Waals surface area contributed by atoms with E-state index in [4.69, 9.17) is 4.74 Å². The highest BCUT2D eigenvalue weighted by molar-refractivity contribution is 8.00. The Hall–Kier alpha value is -1.89. The first kappa shape index (κ1) is 16.5. The maximum Gasteiger partial charge on any atom is 0.323 e. The van der Waals surface area contributed by atoms with E-state index in [-0.39, 0.29) is 11.4 Å². The van der Waals surface area contributed by atoms with E-state index in [2.05, 4.69) is 10.2 Å². The standard InChI is InChI=1S/C15H18FN3O2S/c1-15(2,3)19-9-17-18-14(19)22-12(13(20)21-4)10-5-7-11(16)8-6-10/h5-9,12H,1-4H3. The topological polar surface area (TPSA) is 57.0 Å². The second kappa shape index (κ2) is 6.48. The minimum atomic E-state index is -0.629. The molecule has 1 aromatic carbocycles. The number of hydrogen-bond donors (Lipinski definition) is 0. The van der Waals surface area contributed by atoms with Gasteiger partial charge >= 0.3 is 5.97 Å². The fourth-order valence-corrected chi connectivity index (χ4v) is 3.09. The van der Waals surface area contributed by atoms with Crippen LogP contribution < -0.4 is 0 Å². The van der Waals surface area contributed by atoms with Crippen molar-refractivity contribution in [1.82, 2.24) is 14.8 Å². The van der Waals surface area contributed by atoms with Gasteiger partial charge in [0.25, 0.3) is 0 Å². The molecule has 0 aliphatic rings. The lowest BCUT2D eigenvalue weighted by Crippen LogP contribution is -2.22. The molecular weight excluding hydrogens is 305 g/mol. The monoisotopic (exact) mass is 323 g/mol. The summed E-state index contributed by atoms with van der Waals surface area (Å²) in [5.41, 5.74) is 0.441. The number of thioether (sulfide) groups is 1. The molecule has 1 atom stereocenters. The molecule has 0 saturated heterocycles. The number of carbonyl (C=O) groups is 1. The minimum absolute atomic E-state index is 0.213. The Kier molecular flexibility index (Phi) is 4.85. The number of hydrogen-bond acceptors (Lipinski definition) is 5. The zero-order valence-corrected chi connectivity index (χ0v) is 13.7. The lowest BCUT2D eigenvalue weighted by atomic mass is 10.1. The Morgan fingerprint density at radius 3 is 2.50 bits per heavy atom. The number of esters is 1. The molecule has 0 aliphatic carbocycles.